The van der Waals surface area contributed by atoms with Crippen LogP contribution in [0.25, 0.3) is 6.08 Å². The molecule has 1 aromatic rings. The van der Waals surface area contributed by atoms with Crippen LogP contribution in [0.2, 0.25) is 5.02 Å². The Labute approximate surface area is 172 Å². The van der Waals surface area contributed by atoms with Gasteiger partial charge >= 0.3 is 5.97 Å². The number of imide groups is 1. The first-order valence-corrected chi connectivity index (χ1v) is 9.72. The molecule has 9 heteroatoms. The third-order valence-electron chi connectivity index (χ3n) is 3.42. The second-order valence-corrected chi connectivity index (χ2v) is 8.22. The van der Waals surface area contributed by atoms with Crippen molar-refractivity contribution in [3.05, 3.63) is 27.6 Å². The van der Waals surface area contributed by atoms with Crippen molar-refractivity contribution in [3.63, 3.8) is 0 Å². The highest BCUT2D eigenvalue weighted by Crippen LogP contribution is 2.38. The summed E-state index contributed by atoms with van der Waals surface area (Å²) in [6.45, 7) is 6.93. The van der Waals surface area contributed by atoms with Crippen molar-refractivity contribution in [1.29, 1.82) is 0 Å². The Bertz CT molecular complexity index is 830. The molecule has 0 unspecified atom stereocenters. The molecule has 152 valence electrons. The van der Waals surface area contributed by atoms with Crippen LogP contribution in [0.5, 0.6) is 11.5 Å². The van der Waals surface area contributed by atoms with E-state index >= 15 is 0 Å². The number of hydrogen-bond donors (Lipinski definition) is 0. The van der Waals surface area contributed by atoms with E-state index in [4.69, 9.17) is 25.8 Å². The van der Waals surface area contributed by atoms with E-state index < -0.39 is 29.3 Å². The number of nitrogens with zero attached hydrogens (tertiary/aromatic N) is 1. The third kappa shape index (κ3) is 5.42. The van der Waals surface area contributed by atoms with E-state index in [2.05, 4.69) is 0 Å². The summed E-state index contributed by atoms with van der Waals surface area (Å²) >= 11 is 6.98. The summed E-state index contributed by atoms with van der Waals surface area (Å²) in [4.78, 5) is 37.7. The molecule has 0 radical (unpaired) electrons. The van der Waals surface area contributed by atoms with Crippen LogP contribution in [0, 0.1) is 0 Å². The summed E-state index contributed by atoms with van der Waals surface area (Å²) in [5, 5.41) is -0.216. The number of methoxy groups -OCH3 is 1. The van der Waals surface area contributed by atoms with Gasteiger partial charge in [0.1, 0.15) is 12.1 Å². The maximum absolute atomic E-state index is 12.5. The van der Waals surface area contributed by atoms with E-state index in [9.17, 15) is 14.4 Å². The van der Waals surface area contributed by atoms with E-state index in [0.29, 0.717) is 28.7 Å². The monoisotopic (exact) mass is 427 g/mol. The van der Waals surface area contributed by atoms with Gasteiger partial charge in [-0.15, -0.1) is 0 Å². The maximum atomic E-state index is 12.5. The first-order valence-electron chi connectivity index (χ1n) is 8.53. The zero-order valence-corrected chi connectivity index (χ0v) is 17.9. The molecule has 0 spiro atoms. The highest BCUT2D eigenvalue weighted by Gasteiger charge is 2.37. The zero-order valence-electron chi connectivity index (χ0n) is 16.3. The lowest BCUT2D eigenvalue weighted by Crippen LogP contribution is -2.37. The first-order chi connectivity index (χ1) is 13.1. The third-order valence-corrected chi connectivity index (χ3v) is 4.61. The van der Waals surface area contributed by atoms with Gasteiger partial charge < -0.3 is 14.2 Å². The molecular formula is C19H22ClNO6S. The number of hydrogen-bond acceptors (Lipinski definition) is 7. The number of ether oxygens (including phenoxy) is 3. The Morgan fingerprint density at radius 2 is 1.96 bits per heavy atom. The Morgan fingerprint density at radius 1 is 1.29 bits per heavy atom. The Kier molecular flexibility index (Phi) is 7.01. The first kappa shape index (κ1) is 22.1. The number of esters is 1. The van der Waals surface area contributed by atoms with Gasteiger partial charge in [0.2, 0.25) is 0 Å². The molecule has 1 aliphatic heterocycles. The summed E-state index contributed by atoms with van der Waals surface area (Å²) in [6, 6.07) is 3.26. The fourth-order valence-electron chi connectivity index (χ4n) is 2.40. The number of carbonyl (C=O) groups excluding carboxylic acids is 3. The van der Waals surface area contributed by atoms with Crippen LogP contribution in [-0.2, 0) is 14.3 Å². The highest BCUT2D eigenvalue weighted by atomic mass is 35.5. The maximum Gasteiger partial charge on any atom is 0.326 e. The number of halogens is 1. The van der Waals surface area contributed by atoms with Crippen LogP contribution in [0.15, 0.2) is 17.0 Å². The largest absolute Gasteiger partial charge is 0.493 e. The van der Waals surface area contributed by atoms with Crippen LogP contribution in [0.3, 0.4) is 0 Å². The minimum Gasteiger partial charge on any atom is -0.493 e. The predicted molar refractivity (Wildman–Crippen MR) is 108 cm³/mol. The molecule has 0 atom stereocenters. The van der Waals surface area contributed by atoms with Gasteiger partial charge in [-0.3, -0.25) is 19.3 Å². The number of amides is 2. The highest BCUT2D eigenvalue weighted by molar-refractivity contribution is 8.18. The van der Waals surface area contributed by atoms with Crippen LogP contribution in [0.1, 0.15) is 33.3 Å². The van der Waals surface area contributed by atoms with Gasteiger partial charge in [0, 0.05) is 0 Å². The fraction of sp³-hybridized carbons (Fsp3) is 0.421. The van der Waals surface area contributed by atoms with Crippen molar-refractivity contribution in [2.45, 2.75) is 33.3 Å². The standard InChI is InChI=1S/C19H22ClNO6S/c1-6-26-16-12(20)7-11(8-13(16)25-5)9-14-17(23)21(18(24)28-14)10-15(22)27-19(2,3)4/h7-9H,6,10H2,1-5H3. The van der Waals surface area contributed by atoms with E-state index in [1.54, 1.807) is 32.9 Å². The Morgan fingerprint density at radius 3 is 2.54 bits per heavy atom. The molecule has 1 fully saturated rings. The lowest BCUT2D eigenvalue weighted by atomic mass is 10.1. The van der Waals surface area contributed by atoms with Gasteiger partial charge in [0.15, 0.2) is 11.5 Å². The molecule has 0 aromatic heterocycles. The molecule has 28 heavy (non-hydrogen) atoms. The van der Waals surface area contributed by atoms with Crippen molar-refractivity contribution in [2.75, 3.05) is 20.3 Å². The smallest absolute Gasteiger partial charge is 0.326 e. The zero-order chi connectivity index (χ0) is 21.1. The molecule has 0 bridgehead atoms. The molecule has 1 aromatic carbocycles. The quantitative estimate of drug-likeness (QED) is 0.498. The molecule has 0 aliphatic carbocycles. The van der Waals surface area contributed by atoms with Crippen LogP contribution in [-0.4, -0.2) is 47.9 Å². The SMILES string of the molecule is CCOc1c(Cl)cc(C=C2SC(=O)N(CC(=O)OC(C)(C)C)C2=O)cc1OC. The second-order valence-electron chi connectivity index (χ2n) is 6.82. The molecule has 1 aliphatic rings. The van der Waals surface area contributed by atoms with Crippen LogP contribution >= 0.6 is 23.4 Å². The van der Waals surface area contributed by atoms with Gasteiger partial charge in [-0.2, -0.15) is 0 Å². The Hall–Kier alpha value is -2.19. The molecule has 7 nitrogen and oxygen atoms in total. The van der Waals surface area contributed by atoms with Crippen molar-refractivity contribution in [1.82, 2.24) is 4.90 Å². The number of thioether (sulfide) groups is 1. The minimum absolute atomic E-state index is 0.177. The normalized spacial score (nSPS) is 15.9. The Balaban J connectivity index is 2.24. The lowest BCUT2D eigenvalue weighted by Gasteiger charge is -2.21. The van der Waals surface area contributed by atoms with Crippen molar-refractivity contribution >= 4 is 46.6 Å². The number of benzene rings is 1. The van der Waals surface area contributed by atoms with Gasteiger partial charge in [0.05, 0.1) is 23.6 Å². The van der Waals surface area contributed by atoms with Gasteiger partial charge in [-0.25, -0.2) is 0 Å². The molecule has 2 amide bonds. The minimum atomic E-state index is -0.704. The summed E-state index contributed by atoms with van der Waals surface area (Å²) in [7, 11) is 1.48. The average Bonchev–Trinajstić information content (AvgIpc) is 2.83. The summed E-state index contributed by atoms with van der Waals surface area (Å²) in [6.07, 6.45) is 1.52. The van der Waals surface area contributed by atoms with Crippen molar-refractivity contribution in [2.24, 2.45) is 0 Å². The predicted octanol–water partition coefficient (Wildman–Crippen LogP) is 4.13. The summed E-state index contributed by atoms with van der Waals surface area (Å²) in [5.41, 5.74) is -0.141. The van der Waals surface area contributed by atoms with Gasteiger partial charge in [-0.1, -0.05) is 11.6 Å². The molecular weight excluding hydrogens is 406 g/mol. The van der Waals surface area contributed by atoms with Crippen LogP contribution in [0.4, 0.5) is 4.79 Å². The van der Waals surface area contributed by atoms with E-state index in [0.717, 1.165) is 16.7 Å². The van der Waals surface area contributed by atoms with E-state index in [-0.39, 0.29) is 4.91 Å². The lowest BCUT2D eigenvalue weighted by molar-refractivity contribution is -0.156. The van der Waals surface area contributed by atoms with Crippen LogP contribution < -0.4 is 9.47 Å². The van der Waals surface area contributed by atoms with Gasteiger partial charge in [-0.05, 0) is 63.2 Å². The summed E-state index contributed by atoms with van der Waals surface area (Å²) in [5.74, 6) is -0.401. The average molecular weight is 428 g/mol. The fourth-order valence-corrected chi connectivity index (χ4v) is 3.51. The second kappa shape index (κ2) is 8.87. The van der Waals surface area contributed by atoms with Crippen molar-refractivity contribution in [3.8, 4) is 11.5 Å². The molecule has 0 N–H and O–H groups in total. The molecule has 0 saturated carbocycles. The molecule has 1 saturated heterocycles. The molecule has 2 rings (SSSR count). The number of rotatable bonds is 6. The van der Waals surface area contributed by atoms with E-state index in [1.807, 2.05) is 6.92 Å². The molecule has 1 heterocycles. The van der Waals surface area contributed by atoms with E-state index in [1.165, 1.54) is 13.2 Å². The van der Waals surface area contributed by atoms with Crippen molar-refractivity contribution < 1.29 is 28.6 Å². The number of carbonyl (C=O) groups is 3. The topological polar surface area (TPSA) is 82.1 Å². The van der Waals surface area contributed by atoms with Gasteiger partial charge in [0.25, 0.3) is 11.1 Å². The summed E-state index contributed by atoms with van der Waals surface area (Å²) < 4.78 is 15.9.